The highest BCUT2D eigenvalue weighted by Crippen LogP contribution is 2.31. The summed E-state index contributed by atoms with van der Waals surface area (Å²) in [6.45, 7) is 7.91. The number of piperazine rings is 1. The van der Waals surface area contributed by atoms with Gasteiger partial charge in [-0.25, -0.2) is 4.39 Å². The zero-order chi connectivity index (χ0) is 23.7. The Morgan fingerprint density at radius 2 is 1.85 bits per heavy atom. The van der Waals surface area contributed by atoms with Crippen LogP contribution in [0.5, 0.6) is 5.75 Å². The predicted octanol–water partition coefficient (Wildman–Crippen LogP) is 3.51. The molecule has 7 nitrogen and oxygen atoms in total. The van der Waals surface area contributed by atoms with Crippen LogP contribution in [0.3, 0.4) is 0 Å². The number of pyridine rings is 1. The molecule has 1 aliphatic rings. The van der Waals surface area contributed by atoms with Gasteiger partial charge in [0.1, 0.15) is 17.1 Å². The lowest BCUT2D eigenvalue weighted by atomic mass is 10.1. The Labute approximate surface area is 192 Å². The van der Waals surface area contributed by atoms with E-state index >= 15 is 0 Å². The minimum atomic E-state index is -0.771. The first-order valence-electron chi connectivity index (χ1n) is 11.1. The summed E-state index contributed by atoms with van der Waals surface area (Å²) in [7, 11) is 2.08. The van der Waals surface area contributed by atoms with Crippen molar-refractivity contribution in [2.24, 2.45) is 5.92 Å². The molecule has 3 aromatic rings. The number of nitrogens with one attached hydrogen (secondary N) is 1. The van der Waals surface area contributed by atoms with Crippen LogP contribution < -0.4 is 15.8 Å². The Hall–Kier alpha value is -3.39. The lowest BCUT2D eigenvalue weighted by Gasteiger charge is -2.34. The molecule has 1 saturated heterocycles. The lowest BCUT2D eigenvalue weighted by Crippen LogP contribution is -2.44. The van der Waals surface area contributed by atoms with Crippen LogP contribution in [0.4, 0.5) is 15.8 Å². The van der Waals surface area contributed by atoms with E-state index in [4.69, 9.17) is 0 Å². The smallest absolute Gasteiger partial charge is 0.267 e. The topological polar surface area (TPSA) is 77.8 Å². The van der Waals surface area contributed by atoms with Gasteiger partial charge < -0.3 is 24.8 Å². The zero-order valence-electron chi connectivity index (χ0n) is 19.1. The summed E-state index contributed by atoms with van der Waals surface area (Å²) in [6.07, 6.45) is 0. The summed E-state index contributed by atoms with van der Waals surface area (Å²) < 4.78 is 15.1. The molecule has 174 valence electrons. The number of anilines is 2. The molecule has 0 atom stereocenters. The van der Waals surface area contributed by atoms with E-state index in [-0.39, 0.29) is 22.9 Å². The van der Waals surface area contributed by atoms with Crippen molar-refractivity contribution in [3.05, 3.63) is 64.2 Å². The number of aromatic hydroxyl groups is 1. The Morgan fingerprint density at radius 1 is 1.12 bits per heavy atom. The second-order valence-electron chi connectivity index (χ2n) is 8.99. The first-order chi connectivity index (χ1) is 15.7. The second-order valence-corrected chi connectivity index (χ2v) is 8.99. The van der Waals surface area contributed by atoms with Crippen LogP contribution in [-0.4, -0.2) is 53.7 Å². The van der Waals surface area contributed by atoms with Gasteiger partial charge in [-0.3, -0.25) is 9.59 Å². The number of rotatable bonds is 5. The molecule has 4 rings (SSSR count). The third-order valence-corrected chi connectivity index (χ3v) is 5.95. The molecule has 33 heavy (non-hydrogen) atoms. The van der Waals surface area contributed by atoms with E-state index in [1.165, 1.54) is 22.8 Å². The maximum absolute atomic E-state index is 13.6. The molecule has 0 unspecified atom stereocenters. The van der Waals surface area contributed by atoms with Gasteiger partial charge in [-0.1, -0.05) is 19.9 Å². The molecule has 0 spiro atoms. The van der Waals surface area contributed by atoms with Crippen LogP contribution in [0, 0.1) is 11.7 Å². The van der Waals surface area contributed by atoms with Gasteiger partial charge in [0, 0.05) is 49.5 Å². The molecular weight excluding hydrogens is 423 g/mol. The number of hydrogen-bond acceptors (Lipinski definition) is 5. The highest BCUT2D eigenvalue weighted by atomic mass is 19.1. The molecule has 1 aliphatic heterocycles. The van der Waals surface area contributed by atoms with Crippen molar-refractivity contribution in [1.82, 2.24) is 9.47 Å². The van der Waals surface area contributed by atoms with Gasteiger partial charge >= 0.3 is 0 Å². The molecule has 0 aliphatic carbocycles. The van der Waals surface area contributed by atoms with Crippen molar-refractivity contribution >= 4 is 28.2 Å². The molecule has 0 radical (unpaired) electrons. The number of fused-ring (bicyclic) bond motifs is 1. The third-order valence-electron chi connectivity index (χ3n) is 5.95. The third kappa shape index (κ3) is 4.71. The number of nitrogens with zero attached hydrogens (tertiary/aromatic N) is 3. The Morgan fingerprint density at radius 3 is 2.52 bits per heavy atom. The Balaban J connectivity index is 1.82. The molecule has 1 amide bonds. The number of carbonyl (C=O) groups is 1. The standard InChI is InChI=1S/C25H29FN4O3/c1-16(2)15-30-21-8-7-19(29-11-9-28(3)10-12-29)14-20(21)23(31)22(25(30)33)24(32)27-18-6-4-5-17(26)13-18/h4-8,13-14,16,31H,9-12,15H2,1-3H3,(H,27,32). The minimum Gasteiger partial charge on any atom is -0.506 e. The van der Waals surface area contributed by atoms with Gasteiger partial charge in [-0.05, 0) is 49.4 Å². The highest BCUT2D eigenvalue weighted by molar-refractivity contribution is 6.09. The van der Waals surface area contributed by atoms with Crippen LogP contribution >= 0.6 is 0 Å². The molecular formula is C25H29FN4O3. The minimum absolute atomic E-state index is 0.145. The number of halogens is 1. The van der Waals surface area contributed by atoms with E-state index in [1.54, 1.807) is 0 Å². The first-order valence-corrected chi connectivity index (χ1v) is 11.1. The molecule has 1 aromatic heterocycles. The quantitative estimate of drug-likeness (QED) is 0.620. The highest BCUT2D eigenvalue weighted by Gasteiger charge is 2.24. The Bertz CT molecular complexity index is 1250. The van der Waals surface area contributed by atoms with E-state index in [9.17, 15) is 19.1 Å². The zero-order valence-corrected chi connectivity index (χ0v) is 19.1. The number of amides is 1. The largest absolute Gasteiger partial charge is 0.506 e. The first kappa shape index (κ1) is 22.8. The number of aromatic nitrogens is 1. The maximum atomic E-state index is 13.6. The number of carbonyl (C=O) groups excluding carboxylic acids is 1. The van der Waals surface area contributed by atoms with Crippen LogP contribution in [0.2, 0.25) is 0 Å². The van der Waals surface area contributed by atoms with Crippen LogP contribution in [-0.2, 0) is 6.54 Å². The summed E-state index contributed by atoms with van der Waals surface area (Å²) in [5.41, 5.74) is 0.793. The molecule has 8 heteroatoms. The molecule has 1 fully saturated rings. The molecule has 0 bridgehead atoms. The summed E-state index contributed by atoms with van der Waals surface area (Å²) in [5, 5.41) is 14.1. The average Bonchev–Trinajstić information content (AvgIpc) is 2.77. The summed E-state index contributed by atoms with van der Waals surface area (Å²) in [5.74, 6) is -1.50. The van der Waals surface area contributed by atoms with Crippen molar-refractivity contribution in [3.63, 3.8) is 0 Å². The fourth-order valence-corrected chi connectivity index (χ4v) is 4.20. The predicted molar refractivity (Wildman–Crippen MR) is 129 cm³/mol. The monoisotopic (exact) mass is 452 g/mol. The second kappa shape index (κ2) is 9.23. The van der Waals surface area contributed by atoms with Gasteiger partial charge in [-0.2, -0.15) is 0 Å². The van der Waals surface area contributed by atoms with Crippen LogP contribution in [0.1, 0.15) is 24.2 Å². The SMILES string of the molecule is CC(C)Cn1c(=O)c(C(=O)Nc2cccc(F)c2)c(O)c2cc(N3CCN(C)CC3)ccc21. The number of hydrogen-bond donors (Lipinski definition) is 2. The summed E-state index contributed by atoms with van der Waals surface area (Å²) in [6, 6.07) is 11.0. The van der Waals surface area contributed by atoms with E-state index in [0.29, 0.717) is 17.4 Å². The van der Waals surface area contributed by atoms with Gasteiger partial charge in [0.15, 0.2) is 0 Å². The van der Waals surface area contributed by atoms with E-state index in [1.807, 2.05) is 32.0 Å². The fourth-order valence-electron chi connectivity index (χ4n) is 4.20. The van der Waals surface area contributed by atoms with Crippen molar-refractivity contribution in [1.29, 1.82) is 0 Å². The molecule has 2 heterocycles. The molecule has 0 saturated carbocycles. The average molecular weight is 453 g/mol. The van der Waals surface area contributed by atoms with E-state index < -0.39 is 17.3 Å². The van der Waals surface area contributed by atoms with Gasteiger partial charge in [0.25, 0.3) is 11.5 Å². The van der Waals surface area contributed by atoms with Gasteiger partial charge in [-0.15, -0.1) is 0 Å². The van der Waals surface area contributed by atoms with Crippen molar-refractivity contribution in [2.45, 2.75) is 20.4 Å². The van der Waals surface area contributed by atoms with Crippen molar-refractivity contribution in [3.8, 4) is 5.75 Å². The van der Waals surface area contributed by atoms with Gasteiger partial charge in [0.2, 0.25) is 0 Å². The molecule has 2 aromatic carbocycles. The lowest BCUT2D eigenvalue weighted by molar-refractivity contribution is 0.102. The Kier molecular flexibility index (Phi) is 6.37. The number of benzene rings is 2. The van der Waals surface area contributed by atoms with E-state index in [2.05, 4.69) is 22.2 Å². The fraction of sp³-hybridized carbons (Fsp3) is 0.360. The number of likely N-dealkylation sites (N-methyl/N-ethyl adjacent to an activating group) is 1. The summed E-state index contributed by atoms with van der Waals surface area (Å²) >= 11 is 0. The van der Waals surface area contributed by atoms with Gasteiger partial charge in [0.05, 0.1) is 5.52 Å². The van der Waals surface area contributed by atoms with Crippen LogP contribution in [0.15, 0.2) is 47.3 Å². The van der Waals surface area contributed by atoms with Crippen molar-refractivity contribution in [2.75, 3.05) is 43.4 Å². The van der Waals surface area contributed by atoms with E-state index in [0.717, 1.165) is 37.9 Å². The summed E-state index contributed by atoms with van der Waals surface area (Å²) in [4.78, 5) is 30.8. The molecule has 2 N–H and O–H groups in total. The van der Waals surface area contributed by atoms with Crippen molar-refractivity contribution < 1.29 is 14.3 Å². The normalized spacial score (nSPS) is 14.8. The van der Waals surface area contributed by atoms with Crippen LogP contribution in [0.25, 0.3) is 10.9 Å². The maximum Gasteiger partial charge on any atom is 0.267 e.